The van der Waals surface area contributed by atoms with Crippen molar-refractivity contribution in [3.63, 3.8) is 0 Å². The molecular formula is C20H21BrN4O2. The molecule has 1 aromatic heterocycles. The number of imidazole rings is 1. The first-order valence-corrected chi connectivity index (χ1v) is 9.58. The zero-order valence-corrected chi connectivity index (χ0v) is 16.6. The van der Waals surface area contributed by atoms with Gasteiger partial charge in [-0.3, -0.25) is 9.59 Å². The molecule has 0 saturated carbocycles. The quantitative estimate of drug-likeness (QED) is 0.566. The lowest BCUT2D eigenvalue weighted by molar-refractivity contribution is -0.123. The Hall–Kier alpha value is -2.67. The summed E-state index contributed by atoms with van der Waals surface area (Å²) in [7, 11) is 0. The molecule has 3 aromatic rings. The number of hydrogen-bond donors (Lipinski definition) is 2. The monoisotopic (exact) mass is 428 g/mol. The van der Waals surface area contributed by atoms with Gasteiger partial charge in [0.05, 0.1) is 17.4 Å². The van der Waals surface area contributed by atoms with Gasteiger partial charge in [0.1, 0.15) is 6.04 Å². The van der Waals surface area contributed by atoms with Crippen LogP contribution in [0.5, 0.6) is 0 Å². The van der Waals surface area contributed by atoms with Crippen molar-refractivity contribution < 1.29 is 9.59 Å². The van der Waals surface area contributed by atoms with E-state index in [-0.39, 0.29) is 17.9 Å². The molecule has 2 aromatic carbocycles. The molecule has 3 rings (SSSR count). The fourth-order valence-corrected chi connectivity index (χ4v) is 3.03. The van der Waals surface area contributed by atoms with Gasteiger partial charge in [0.15, 0.2) is 0 Å². The van der Waals surface area contributed by atoms with Crippen LogP contribution in [0.2, 0.25) is 0 Å². The minimum atomic E-state index is -0.352. The third-order valence-electron chi connectivity index (χ3n) is 4.32. The number of carbonyl (C=O) groups is 2. The van der Waals surface area contributed by atoms with E-state index in [9.17, 15) is 9.59 Å². The van der Waals surface area contributed by atoms with Gasteiger partial charge in [-0.25, -0.2) is 4.98 Å². The van der Waals surface area contributed by atoms with E-state index in [4.69, 9.17) is 0 Å². The number of aromatic nitrogens is 2. The molecule has 1 atom stereocenters. The van der Waals surface area contributed by atoms with E-state index in [1.807, 2.05) is 47.9 Å². The summed E-state index contributed by atoms with van der Waals surface area (Å²) in [5, 5.41) is 5.76. The maximum Gasteiger partial charge on any atom is 0.251 e. The van der Waals surface area contributed by atoms with E-state index in [0.29, 0.717) is 25.1 Å². The number of fused-ring (bicyclic) bond motifs is 1. The molecule has 2 amide bonds. The molecule has 0 aliphatic carbocycles. The number of carbonyl (C=O) groups excluding carboxylic acids is 2. The maximum atomic E-state index is 12.4. The van der Waals surface area contributed by atoms with Crippen molar-refractivity contribution in [3.05, 3.63) is 64.9 Å². The number of amides is 2. The first-order valence-electron chi connectivity index (χ1n) is 8.79. The highest BCUT2D eigenvalue weighted by molar-refractivity contribution is 9.10. The fraction of sp³-hybridized carbons (Fsp3) is 0.250. The van der Waals surface area contributed by atoms with Crippen molar-refractivity contribution in [2.75, 3.05) is 13.1 Å². The summed E-state index contributed by atoms with van der Waals surface area (Å²) in [6.07, 6.45) is 2.35. The number of nitrogens with one attached hydrogen (secondary N) is 2. The van der Waals surface area contributed by atoms with Crippen molar-refractivity contribution >= 4 is 38.8 Å². The first kappa shape index (κ1) is 19.1. The molecular weight excluding hydrogens is 408 g/mol. The predicted molar refractivity (Wildman–Crippen MR) is 109 cm³/mol. The molecule has 140 valence electrons. The van der Waals surface area contributed by atoms with Crippen molar-refractivity contribution in [1.82, 2.24) is 20.2 Å². The summed E-state index contributed by atoms with van der Waals surface area (Å²) in [4.78, 5) is 28.7. The van der Waals surface area contributed by atoms with E-state index in [1.54, 1.807) is 18.5 Å². The van der Waals surface area contributed by atoms with Crippen LogP contribution < -0.4 is 10.6 Å². The molecule has 0 aliphatic rings. The maximum absolute atomic E-state index is 12.4. The Kier molecular flexibility index (Phi) is 6.24. The Morgan fingerprint density at radius 3 is 2.56 bits per heavy atom. The van der Waals surface area contributed by atoms with Crippen LogP contribution in [0.4, 0.5) is 0 Å². The fourth-order valence-electron chi connectivity index (χ4n) is 2.77. The summed E-state index contributed by atoms with van der Waals surface area (Å²) < 4.78 is 2.79. The number of rotatable bonds is 7. The number of benzene rings is 2. The van der Waals surface area contributed by atoms with Crippen LogP contribution in [0.3, 0.4) is 0 Å². The van der Waals surface area contributed by atoms with Gasteiger partial charge in [-0.1, -0.05) is 28.1 Å². The minimum absolute atomic E-state index is 0.0719. The van der Waals surface area contributed by atoms with Gasteiger partial charge in [-0.05, 0) is 49.7 Å². The van der Waals surface area contributed by atoms with E-state index >= 15 is 0 Å². The third kappa shape index (κ3) is 4.74. The number of halogens is 1. The molecule has 0 saturated heterocycles. The van der Waals surface area contributed by atoms with Crippen LogP contribution in [0.25, 0.3) is 11.0 Å². The van der Waals surface area contributed by atoms with Crippen molar-refractivity contribution in [2.45, 2.75) is 19.4 Å². The molecule has 0 bridgehead atoms. The molecule has 2 N–H and O–H groups in total. The zero-order chi connectivity index (χ0) is 19.2. The van der Waals surface area contributed by atoms with Crippen LogP contribution in [0.15, 0.2) is 59.3 Å². The first-order chi connectivity index (χ1) is 13.1. The predicted octanol–water partition coefficient (Wildman–Crippen LogP) is 3.30. The second-order valence-electron chi connectivity index (χ2n) is 6.22. The van der Waals surface area contributed by atoms with Crippen LogP contribution in [-0.4, -0.2) is 34.5 Å². The Labute approximate surface area is 166 Å². The molecule has 0 radical (unpaired) electrons. The normalized spacial score (nSPS) is 11.9. The number of para-hydroxylation sites is 2. The van der Waals surface area contributed by atoms with E-state index in [1.165, 1.54) is 0 Å². The molecule has 0 fully saturated rings. The van der Waals surface area contributed by atoms with Gasteiger partial charge in [0, 0.05) is 23.1 Å². The Morgan fingerprint density at radius 2 is 1.78 bits per heavy atom. The molecule has 0 spiro atoms. The van der Waals surface area contributed by atoms with Crippen LogP contribution >= 0.6 is 15.9 Å². The lowest BCUT2D eigenvalue weighted by Gasteiger charge is -2.14. The molecule has 1 unspecified atom stereocenters. The van der Waals surface area contributed by atoms with Gasteiger partial charge in [-0.15, -0.1) is 0 Å². The van der Waals surface area contributed by atoms with Gasteiger partial charge < -0.3 is 15.2 Å². The highest BCUT2D eigenvalue weighted by Crippen LogP contribution is 2.17. The SMILES string of the molecule is CC(C(=O)NCCCNC(=O)c1ccc(Br)cc1)n1cnc2ccccc21. The summed E-state index contributed by atoms with van der Waals surface area (Å²) in [6, 6.07) is 14.6. The van der Waals surface area contributed by atoms with Gasteiger partial charge in [0.25, 0.3) is 5.91 Å². The third-order valence-corrected chi connectivity index (χ3v) is 4.85. The van der Waals surface area contributed by atoms with Crippen LogP contribution in [-0.2, 0) is 4.79 Å². The molecule has 7 heteroatoms. The highest BCUT2D eigenvalue weighted by atomic mass is 79.9. The van der Waals surface area contributed by atoms with Gasteiger partial charge in [0.2, 0.25) is 5.91 Å². The average molecular weight is 429 g/mol. The van der Waals surface area contributed by atoms with Crippen molar-refractivity contribution in [1.29, 1.82) is 0 Å². The van der Waals surface area contributed by atoms with Crippen molar-refractivity contribution in [2.24, 2.45) is 0 Å². The minimum Gasteiger partial charge on any atom is -0.354 e. The second-order valence-corrected chi connectivity index (χ2v) is 7.14. The van der Waals surface area contributed by atoms with Crippen LogP contribution in [0.1, 0.15) is 29.7 Å². The molecule has 1 heterocycles. The summed E-state index contributed by atoms with van der Waals surface area (Å²) in [5.74, 6) is -0.190. The Morgan fingerprint density at radius 1 is 1.07 bits per heavy atom. The number of hydrogen-bond acceptors (Lipinski definition) is 3. The van der Waals surface area contributed by atoms with E-state index in [0.717, 1.165) is 15.5 Å². The van der Waals surface area contributed by atoms with Crippen LogP contribution in [0, 0.1) is 0 Å². The molecule has 0 aliphatic heterocycles. The average Bonchev–Trinajstić information content (AvgIpc) is 3.11. The molecule has 6 nitrogen and oxygen atoms in total. The Bertz CT molecular complexity index is 937. The Balaban J connectivity index is 1.43. The summed E-state index contributed by atoms with van der Waals surface area (Å²) in [5.41, 5.74) is 2.41. The second kappa shape index (κ2) is 8.81. The van der Waals surface area contributed by atoms with E-state index < -0.39 is 0 Å². The van der Waals surface area contributed by atoms with E-state index in [2.05, 4.69) is 31.5 Å². The highest BCUT2D eigenvalue weighted by Gasteiger charge is 2.16. The smallest absolute Gasteiger partial charge is 0.251 e. The van der Waals surface area contributed by atoms with Gasteiger partial charge in [-0.2, -0.15) is 0 Å². The largest absolute Gasteiger partial charge is 0.354 e. The molecule has 27 heavy (non-hydrogen) atoms. The summed E-state index contributed by atoms with van der Waals surface area (Å²) >= 11 is 3.34. The standard InChI is InChI=1S/C20H21BrN4O2/c1-14(25-13-24-17-5-2-3-6-18(17)25)19(26)22-11-4-12-23-20(27)15-7-9-16(21)10-8-15/h2-3,5-10,13-14H,4,11-12H2,1H3,(H,22,26)(H,23,27). The topological polar surface area (TPSA) is 76.0 Å². The number of nitrogens with zero attached hydrogens (tertiary/aromatic N) is 2. The lowest BCUT2D eigenvalue weighted by atomic mass is 10.2. The summed E-state index contributed by atoms with van der Waals surface area (Å²) in [6.45, 7) is 2.84. The lowest BCUT2D eigenvalue weighted by Crippen LogP contribution is -2.33. The van der Waals surface area contributed by atoms with Crippen molar-refractivity contribution in [3.8, 4) is 0 Å². The zero-order valence-electron chi connectivity index (χ0n) is 15.0. The van der Waals surface area contributed by atoms with Gasteiger partial charge >= 0.3 is 0 Å².